The maximum absolute atomic E-state index is 12.0. The summed E-state index contributed by atoms with van der Waals surface area (Å²) in [4.78, 5) is 10.9. The van der Waals surface area contributed by atoms with E-state index in [4.69, 9.17) is 5.11 Å². The van der Waals surface area contributed by atoms with Gasteiger partial charge in [0.05, 0.1) is 10.6 Å². The van der Waals surface area contributed by atoms with Crippen LogP contribution in [0.1, 0.15) is 37.8 Å². The smallest absolute Gasteiger partial charge is 0.303 e. The number of carboxylic acid groups (broad SMARTS) is 1. The van der Waals surface area contributed by atoms with Gasteiger partial charge in [0.25, 0.3) is 0 Å². The first-order chi connectivity index (χ1) is 9.90. The van der Waals surface area contributed by atoms with Crippen LogP contribution in [0.3, 0.4) is 0 Å². The molecule has 0 fully saturated rings. The van der Waals surface area contributed by atoms with Crippen LogP contribution in [0.4, 0.5) is 0 Å². The van der Waals surface area contributed by atoms with E-state index in [1.54, 1.807) is 12.1 Å². The summed E-state index contributed by atoms with van der Waals surface area (Å²) in [7, 11) is -3.17. The molecule has 0 aromatic heterocycles. The number of carbonyl (C=O) groups is 1. The molecule has 0 aliphatic carbocycles. The number of hydrogen-bond donors (Lipinski definition) is 2. The van der Waals surface area contributed by atoms with Crippen LogP contribution in [-0.4, -0.2) is 31.8 Å². The van der Waals surface area contributed by atoms with E-state index in [0.717, 1.165) is 12.0 Å². The summed E-state index contributed by atoms with van der Waals surface area (Å²) >= 11 is 0. The first-order valence-electron chi connectivity index (χ1n) is 7.17. The van der Waals surface area contributed by atoms with E-state index in [1.165, 1.54) is 0 Å². The minimum atomic E-state index is -3.17. The number of sulfone groups is 1. The minimum Gasteiger partial charge on any atom is -0.481 e. The summed E-state index contributed by atoms with van der Waals surface area (Å²) < 4.78 is 24.1. The zero-order chi connectivity index (χ0) is 15.5. The monoisotopic (exact) mass is 311 g/mol. The maximum atomic E-state index is 12.0. The molecule has 0 saturated carbocycles. The van der Waals surface area contributed by atoms with Gasteiger partial charge in [0, 0.05) is 12.5 Å². The van der Waals surface area contributed by atoms with Gasteiger partial charge in [-0.25, -0.2) is 8.42 Å². The van der Waals surface area contributed by atoms with Crippen molar-refractivity contribution in [2.24, 2.45) is 5.92 Å². The Morgan fingerprint density at radius 2 is 2.10 bits per heavy atom. The van der Waals surface area contributed by atoms with E-state index in [-0.39, 0.29) is 18.2 Å². The minimum absolute atomic E-state index is 0.107. The fourth-order valence-corrected chi connectivity index (χ4v) is 4.41. The number of aliphatic carboxylic acids is 1. The van der Waals surface area contributed by atoms with E-state index in [1.807, 2.05) is 19.1 Å². The molecule has 5 nitrogen and oxygen atoms in total. The van der Waals surface area contributed by atoms with Gasteiger partial charge in [0.2, 0.25) is 0 Å². The van der Waals surface area contributed by atoms with Gasteiger partial charge in [0.1, 0.15) is 0 Å². The summed E-state index contributed by atoms with van der Waals surface area (Å²) in [6.45, 7) is 2.71. The van der Waals surface area contributed by atoms with Crippen molar-refractivity contribution >= 4 is 15.8 Å². The highest BCUT2D eigenvalue weighted by molar-refractivity contribution is 7.91. The van der Waals surface area contributed by atoms with Crippen LogP contribution in [0.15, 0.2) is 29.2 Å². The Bertz CT molecular complexity index is 612. The molecule has 2 unspecified atom stereocenters. The van der Waals surface area contributed by atoms with Crippen molar-refractivity contribution in [1.82, 2.24) is 5.32 Å². The quantitative estimate of drug-likeness (QED) is 0.804. The average Bonchev–Trinajstić information content (AvgIpc) is 2.69. The Morgan fingerprint density at radius 3 is 2.81 bits per heavy atom. The van der Waals surface area contributed by atoms with Gasteiger partial charge in [-0.1, -0.05) is 25.1 Å². The lowest BCUT2D eigenvalue weighted by Crippen LogP contribution is -2.25. The molecule has 6 heteroatoms. The zero-order valence-corrected chi connectivity index (χ0v) is 12.9. The first-order valence-corrected chi connectivity index (χ1v) is 8.82. The number of rotatable bonds is 7. The molecule has 1 aromatic carbocycles. The van der Waals surface area contributed by atoms with E-state index in [0.29, 0.717) is 23.8 Å². The standard InChI is InChI=1S/C15H21NO4S/c1-11(6-7-15(17)18)8-9-16-13-10-21(19,20)14-5-3-2-4-12(13)14/h2-5,11,13,16H,6-10H2,1H3,(H,17,18). The molecule has 0 radical (unpaired) electrons. The van der Waals surface area contributed by atoms with Gasteiger partial charge in [-0.15, -0.1) is 0 Å². The van der Waals surface area contributed by atoms with E-state index >= 15 is 0 Å². The normalized spacial score (nSPS) is 20.9. The Balaban J connectivity index is 1.87. The molecule has 1 aliphatic heterocycles. The highest BCUT2D eigenvalue weighted by atomic mass is 32.2. The summed E-state index contributed by atoms with van der Waals surface area (Å²) in [5.74, 6) is -0.358. The van der Waals surface area contributed by atoms with E-state index < -0.39 is 15.8 Å². The molecular weight excluding hydrogens is 290 g/mol. The molecule has 1 aliphatic rings. The molecular formula is C15H21NO4S. The Kier molecular flexibility index (Phi) is 5.00. The molecule has 2 atom stereocenters. The summed E-state index contributed by atoms with van der Waals surface area (Å²) in [6.07, 6.45) is 1.67. The molecule has 116 valence electrons. The van der Waals surface area contributed by atoms with Crippen LogP contribution >= 0.6 is 0 Å². The van der Waals surface area contributed by atoms with E-state index in [2.05, 4.69) is 5.32 Å². The van der Waals surface area contributed by atoms with E-state index in [9.17, 15) is 13.2 Å². The zero-order valence-electron chi connectivity index (χ0n) is 12.1. The molecule has 21 heavy (non-hydrogen) atoms. The van der Waals surface area contributed by atoms with Crippen LogP contribution in [0.2, 0.25) is 0 Å². The van der Waals surface area contributed by atoms with Crippen molar-refractivity contribution in [3.8, 4) is 0 Å². The van der Waals surface area contributed by atoms with Crippen molar-refractivity contribution in [1.29, 1.82) is 0 Å². The SMILES string of the molecule is CC(CCNC1CS(=O)(=O)c2ccccc21)CCC(=O)O. The second-order valence-electron chi connectivity index (χ2n) is 5.65. The lowest BCUT2D eigenvalue weighted by atomic mass is 10.0. The van der Waals surface area contributed by atoms with Gasteiger partial charge in [-0.3, -0.25) is 4.79 Å². The molecule has 0 saturated heterocycles. The molecule has 0 spiro atoms. The average molecular weight is 311 g/mol. The van der Waals surface area contributed by atoms with Gasteiger partial charge in [0.15, 0.2) is 9.84 Å². The van der Waals surface area contributed by atoms with Gasteiger partial charge in [-0.05, 0) is 36.9 Å². The van der Waals surface area contributed by atoms with Crippen LogP contribution in [0, 0.1) is 5.92 Å². The number of hydrogen-bond acceptors (Lipinski definition) is 4. The largest absolute Gasteiger partial charge is 0.481 e. The predicted molar refractivity (Wildman–Crippen MR) is 79.9 cm³/mol. The van der Waals surface area contributed by atoms with Crippen molar-refractivity contribution in [3.63, 3.8) is 0 Å². The molecule has 0 bridgehead atoms. The number of carboxylic acids is 1. The third-order valence-electron chi connectivity index (χ3n) is 3.89. The van der Waals surface area contributed by atoms with Crippen molar-refractivity contribution < 1.29 is 18.3 Å². The van der Waals surface area contributed by atoms with Crippen LogP contribution < -0.4 is 5.32 Å². The summed E-state index contributed by atoms with van der Waals surface area (Å²) in [6, 6.07) is 6.95. The maximum Gasteiger partial charge on any atom is 0.303 e. The fraction of sp³-hybridized carbons (Fsp3) is 0.533. The first kappa shape index (κ1) is 16.0. The third kappa shape index (κ3) is 4.04. The van der Waals surface area contributed by atoms with Crippen molar-refractivity contribution in [2.45, 2.75) is 37.1 Å². The summed E-state index contributed by atoms with van der Waals surface area (Å²) in [5.41, 5.74) is 0.843. The lowest BCUT2D eigenvalue weighted by Gasteiger charge is -2.15. The highest BCUT2D eigenvalue weighted by Crippen LogP contribution is 2.32. The Morgan fingerprint density at radius 1 is 1.38 bits per heavy atom. The van der Waals surface area contributed by atoms with Gasteiger partial charge in [-0.2, -0.15) is 0 Å². The lowest BCUT2D eigenvalue weighted by molar-refractivity contribution is -0.137. The Hall–Kier alpha value is -1.40. The number of fused-ring (bicyclic) bond motifs is 1. The third-order valence-corrected chi connectivity index (χ3v) is 5.71. The molecule has 0 amide bonds. The van der Waals surface area contributed by atoms with Gasteiger partial charge >= 0.3 is 5.97 Å². The van der Waals surface area contributed by atoms with Crippen LogP contribution in [-0.2, 0) is 14.6 Å². The second kappa shape index (κ2) is 6.58. The van der Waals surface area contributed by atoms with Crippen molar-refractivity contribution in [3.05, 3.63) is 29.8 Å². The molecule has 1 aromatic rings. The molecule has 1 heterocycles. The fourth-order valence-electron chi connectivity index (χ4n) is 2.64. The predicted octanol–water partition coefficient (Wildman–Crippen LogP) is 2.00. The number of benzene rings is 1. The highest BCUT2D eigenvalue weighted by Gasteiger charge is 2.33. The number of nitrogens with one attached hydrogen (secondary N) is 1. The summed E-state index contributed by atoms with van der Waals surface area (Å²) in [5, 5.41) is 11.9. The van der Waals surface area contributed by atoms with Crippen LogP contribution in [0.25, 0.3) is 0 Å². The topological polar surface area (TPSA) is 83.5 Å². The molecule has 2 N–H and O–H groups in total. The van der Waals surface area contributed by atoms with Crippen LogP contribution in [0.5, 0.6) is 0 Å². The second-order valence-corrected chi connectivity index (χ2v) is 7.65. The van der Waals surface area contributed by atoms with Crippen molar-refractivity contribution in [2.75, 3.05) is 12.3 Å². The Labute approximate surface area is 125 Å². The van der Waals surface area contributed by atoms with Gasteiger partial charge < -0.3 is 10.4 Å². The molecule has 2 rings (SSSR count).